The van der Waals surface area contributed by atoms with Gasteiger partial charge in [-0.1, -0.05) is 44.2 Å². The Morgan fingerprint density at radius 3 is 2.24 bits per heavy atom. The normalized spacial score (nSPS) is 13.2. The zero-order valence-electron chi connectivity index (χ0n) is 18.6. The van der Waals surface area contributed by atoms with Gasteiger partial charge in [-0.2, -0.15) is 13.2 Å². The molecule has 2 atom stereocenters. The van der Waals surface area contributed by atoms with Crippen LogP contribution >= 0.6 is 0 Å². The van der Waals surface area contributed by atoms with Crippen LogP contribution in [0.1, 0.15) is 13.8 Å². The number of esters is 1. The molecule has 0 aliphatic heterocycles. The van der Waals surface area contributed by atoms with Crippen LogP contribution in [0.25, 0.3) is 11.3 Å². The summed E-state index contributed by atoms with van der Waals surface area (Å²) < 4.78 is 44.3. The molecule has 0 aliphatic rings. The average Bonchev–Trinajstić information content (AvgIpc) is 2.78. The first-order chi connectivity index (χ1) is 15.9. The number of hydrogen-bond donors (Lipinski definition) is 3. The standard InChI is InChI=1S/C22H24F3N3O6/c1-12(2)17(18(30)22(23,24)25)27-16(29)11-28-15(13-7-5-4-6-8-13)10-9-14(20(28)32)26-19(31)21(33)34-3/h4-10,12,17-18,30H,11H2,1-3H3,(H,26,31)(H,27,29). The Morgan fingerprint density at radius 1 is 1.09 bits per heavy atom. The SMILES string of the molecule is COC(=O)C(=O)Nc1ccc(-c2ccccc2)n(CC(=O)NC(C(C)C)C(O)C(F)(F)F)c1=O. The van der Waals surface area contributed by atoms with Crippen LogP contribution in [0.4, 0.5) is 18.9 Å². The van der Waals surface area contributed by atoms with Crippen molar-refractivity contribution >= 4 is 23.5 Å². The van der Waals surface area contributed by atoms with Crippen molar-refractivity contribution in [1.82, 2.24) is 9.88 Å². The predicted molar refractivity (Wildman–Crippen MR) is 116 cm³/mol. The number of alkyl halides is 3. The maximum Gasteiger partial charge on any atom is 0.416 e. The highest BCUT2D eigenvalue weighted by Crippen LogP contribution is 2.25. The summed E-state index contributed by atoms with van der Waals surface area (Å²) in [6.07, 6.45) is -7.78. The molecular weight excluding hydrogens is 459 g/mol. The predicted octanol–water partition coefficient (Wildman–Crippen LogP) is 1.69. The van der Waals surface area contributed by atoms with Crippen molar-refractivity contribution in [2.75, 3.05) is 12.4 Å². The van der Waals surface area contributed by atoms with Crippen LogP contribution < -0.4 is 16.2 Å². The van der Waals surface area contributed by atoms with E-state index in [1.54, 1.807) is 30.3 Å². The smallest absolute Gasteiger partial charge is 0.416 e. The van der Waals surface area contributed by atoms with Crippen LogP contribution in [0.3, 0.4) is 0 Å². The number of methoxy groups -OCH3 is 1. The molecule has 2 unspecified atom stereocenters. The van der Waals surface area contributed by atoms with E-state index < -0.39 is 54.1 Å². The lowest BCUT2D eigenvalue weighted by Crippen LogP contribution is -2.53. The van der Waals surface area contributed by atoms with Gasteiger partial charge in [0.1, 0.15) is 12.2 Å². The van der Waals surface area contributed by atoms with E-state index in [2.05, 4.69) is 15.4 Å². The summed E-state index contributed by atoms with van der Waals surface area (Å²) in [5.41, 5.74) is -0.492. The second-order valence-electron chi connectivity index (χ2n) is 7.66. The van der Waals surface area contributed by atoms with Crippen LogP contribution in [0, 0.1) is 5.92 Å². The van der Waals surface area contributed by atoms with Crippen molar-refractivity contribution in [3.05, 3.63) is 52.8 Å². The highest BCUT2D eigenvalue weighted by Gasteiger charge is 2.45. The lowest BCUT2D eigenvalue weighted by atomic mass is 9.98. The molecule has 12 heteroatoms. The van der Waals surface area contributed by atoms with Gasteiger partial charge in [-0.05, 0) is 23.6 Å². The van der Waals surface area contributed by atoms with Gasteiger partial charge in [0.2, 0.25) is 5.91 Å². The molecule has 0 spiro atoms. The minimum atomic E-state index is -4.97. The summed E-state index contributed by atoms with van der Waals surface area (Å²) in [4.78, 5) is 48.9. The molecule has 0 saturated heterocycles. The van der Waals surface area contributed by atoms with Crippen LogP contribution in [0.2, 0.25) is 0 Å². The number of aliphatic hydroxyl groups is 1. The van der Waals surface area contributed by atoms with Crippen molar-refractivity contribution in [2.24, 2.45) is 5.92 Å². The average molecular weight is 483 g/mol. The molecule has 0 aliphatic carbocycles. The van der Waals surface area contributed by atoms with E-state index in [0.29, 0.717) is 5.56 Å². The van der Waals surface area contributed by atoms with E-state index in [0.717, 1.165) is 11.7 Å². The molecule has 0 fully saturated rings. The number of benzene rings is 1. The molecule has 0 bridgehead atoms. The third-order valence-electron chi connectivity index (χ3n) is 4.89. The summed E-state index contributed by atoms with van der Waals surface area (Å²) >= 11 is 0. The minimum Gasteiger partial charge on any atom is -0.462 e. The molecule has 0 radical (unpaired) electrons. The fraction of sp³-hybridized carbons (Fsp3) is 0.364. The molecule has 2 rings (SSSR count). The molecule has 184 valence electrons. The zero-order valence-corrected chi connectivity index (χ0v) is 18.6. The monoisotopic (exact) mass is 483 g/mol. The summed E-state index contributed by atoms with van der Waals surface area (Å²) in [6, 6.07) is 9.31. The number of aliphatic hydroxyl groups excluding tert-OH is 1. The van der Waals surface area contributed by atoms with Crippen molar-refractivity contribution < 1.29 is 37.4 Å². The molecule has 1 aromatic carbocycles. The number of nitrogens with zero attached hydrogens (tertiary/aromatic N) is 1. The second-order valence-corrected chi connectivity index (χ2v) is 7.66. The Kier molecular flexibility index (Phi) is 8.57. The topological polar surface area (TPSA) is 127 Å². The molecule has 0 saturated carbocycles. The van der Waals surface area contributed by atoms with Crippen molar-refractivity contribution in [3.63, 3.8) is 0 Å². The van der Waals surface area contributed by atoms with Gasteiger partial charge in [0.25, 0.3) is 5.56 Å². The third-order valence-corrected chi connectivity index (χ3v) is 4.89. The Hall–Kier alpha value is -3.67. The fourth-order valence-electron chi connectivity index (χ4n) is 3.15. The molecule has 1 aromatic heterocycles. The Bertz CT molecular complexity index is 1100. The van der Waals surface area contributed by atoms with Gasteiger partial charge in [0.05, 0.1) is 18.8 Å². The Labute approximate surface area is 192 Å². The number of carbonyl (C=O) groups excluding carboxylic acids is 3. The first-order valence-corrected chi connectivity index (χ1v) is 10.1. The van der Waals surface area contributed by atoms with Crippen LogP contribution in [0.5, 0.6) is 0 Å². The van der Waals surface area contributed by atoms with Crippen LogP contribution in [-0.2, 0) is 25.7 Å². The third kappa shape index (κ3) is 6.44. The van der Waals surface area contributed by atoms with E-state index in [4.69, 9.17) is 0 Å². The number of pyridine rings is 1. The van der Waals surface area contributed by atoms with Gasteiger partial charge in [-0.3, -0.25) is 19.0 Å². The molecule has 1 heterocycles. The van der Waals surface area contributed by atoms with Gasteiger partial charge in [-0.25, -0.2) is 4.79 Å². The maximum absolute atomic E-state index is 13.0. The first-order valence-electron chi connectivity index (χ1n) is 10.1. The molecule has 34 heavy (non-hydrogen) atoms. The van der Waals surface area contributed by atoms with Gasteiger partial charge >= 0.3 is 18.1 Å². The fourth-order valence-corrected chi connectivity index (χ4v) is 3.15. The number of ether oxygens (including phenoxy) is 1. The van der Waals surface area contributed by atoms with Gasteiger partial charge < -0.3 is 20.5 Å². The number of anilines is 1. The van der Waals surface area contributed by atoms with Crippen molar-refractivity contribution in [1.29, 1.82) is 0 Å². The van der Waals surface area contributed by atoms with Gasteiger partial charge in [0, 0.05) is 0 Å². The van der Waals surface area contributed by atoms with E-state index in [1.165, 1.54) is 26.0 Å². The number of hydrogen-bond acceptors (Lipinski definition) is 6. The minimum absolute atomic E-state index is 0.231. The van der Waals surface area contributed by atoms with Gasteiger partial charge in [-0.15, -0.1) is 0 Å². The maximum atomic E-state index is 13.0. The highest BCUT2D eigenvalue weighted by atomic mass is 19.4. The van der Waals surface area contributed by atoms with Gasteiger partial charge in [0.15, 0.2) is 6.10 Å². The molecule has 2 aromatic rings. The second kappa shape index (κ2) is 11.0. The van der Waals surface area contributed by atoms with E-state index in [1.807, 2.05) is 0 Å². The van der Waals surface area contributed by atoms with E-state index in [9.17, 15) is 37.5 Å². The summed E-state index contributed by atoms with van der Waals surface area (Å²) in [5.74, 6) is -4.23. The Morgan fingerprint density at radius 2 is 1.71 bits per heavy atom. The number of aromatic nitrogens is 1. The van der Waals surface area contributed by atoms with E-state index >= 15 is 0 Å². The highest BCUT2D eigenvalue weighted by molar-refractivity contribution is 6.37. The number of carbonyl (C=O) groups is 3. The molecule has 2 amide bonds. The summed E-state index contributed by atoms with van der Waals surface area (Å²) in [7, 11) is 0.976. The first kappa shape index (κ1) is 26.6. The lowest BCUT2D eigenvalue weighted by molar-refractivity contribution is -0.215. The number of halogens is 3. The zero-order chi connectivity index (χ0) is 25.6. The molecular formula is C22H24F3N3O6. The number of nitrogens with one attached hydrogen (secondary N) is 2. The Balaban J connectivity index is 2.45. The molecule has 3 N–H and O–H groups in total. The van der Waals surface area contributed by atoms with Crippen molar-refractivity contribution in [2.45, 2.75) is 38.7 Å². The summed E-state index contributed by atoms with van der Waals surface area (Å²) in [6.45, 7) is 2.06. The quantitative estimate of drug-likeness (QED) is 0.407. The lowest BCUT2D eigenvalue weighted by Gasteiger charge is -2.29. The van der Waals surface area contributed by atoms with Crippen molar-refractivity contribution in [3.8, 4) is 11.3 Å². The van der Waals surface area contributed by atoms with Crippen LogP contribution in [0.15, 0.2) is 47.3 Å². The molecule has 9 nitrogen and oxygen atoms in total. The number of amides is 2. The number of rotatable bonds is 7. The largest absolute Gasteiger partial charge is 0.462 e. The van der Waals surface area contributed by atoms with E-state index in [-0.39, 0.29) is 11.4 Å². The summed E-state index contributed by atoms with van der Waals surface area (Å²) in [5, 5.41) is 13.9. The van der Waals surface area contributed by atoms with Crippen LogP contribution in [-0.4, -0.2) is 52.9 Å².